The van der Waals surface area contributed by atoms with Crippen molar-refractivity contribution < 1.29 is 23.0 Å². The fourth-order valence-electron chi connectivity index (χ4n) is 1.82. The van der Waals surface area contributed by atoms with E-state index in [1.54, 1.807) is 0 Å². The predicted molar refractivity (Wildman–Crippen MR) is 63.9 cm³/mol. The van der Waals surface area contributed by atoms with Gasteiger partial charge in [-0.3, -0.25) is 4.79 Å². The molecule has 0 aromatic heterocycles. The van der Waals surface area contributed by atoms with Gasteiger partial charge in [0.25, 0.3) is 5.91 Å². The lowest BCUT2D eigenvalue weighted by atomic mass is 10.2. The van der Waals surface area contributed by atoms with Crippen LogP contribution in [0.25, 0.3) is 0 Å². The van der Waals surface area contributed by atoms with E-state index in [0.29, 0.717) is 26.3 Å². The van der Waals surface area contributed by atoms with Crippen LogP contribution in [0.2, 0.25) is 0 Å². The molecule has 0 radical (unpaired) electrons. The maximum atomic E-state index is 14.3. The van der Waals surface area contributed by atoms with Crippen molar-refractivity contribution in [2.45, 2.75) is 12.8 Å². The summed E-state index contributed by atoms with van der Waals surface area (Å²) in [4.78, 5) is 13.3. The Bertz CT molecular complexity index is 442. The van der Waals surface area contributed by atoms with Gasteiger partial charge in [-0.25, -0.2) is 4.39 Å². The number of ether oxygens (including phenoxy) is 2. The molecule has 1 atom stereocenters. The van der Waals surface area contributed by atoms with Gasteiger partial charge in [0.1, 0.15) is 11.6 Å². The zero-order valence-electron chi connectivity index (χ0n) is 10.6. The fourth-order valence-corrected chi connectivity index (χ4v) is 1.82. The summed E-state index contributed by atoms with van der Waals surface area (Å²) in [7, 11) is 0. The average molecular weight is 271 g/mol. The maximum Gasteiger partial charge on any atom is 0.324 e. The van der Waals surface area contributed by atoms with Crippen molar-refractivity contribution in [2.75, 3.05) is 26.3 Å². The van der Waals surface area contributed by atoms with Crippen LogP contribution in [0.15, 0.2) is 24.3 Å². The molecule has 1 aromatic carbocycles. The number of nitrogens with zero attached hydrogens (tertiary/aromatic N) is 1. The molecular weight excluding hydrogens is 256 g/mol. The molecule has 1 unspecified atom stereocenters. The van der Waals surface area contributed by atoms with Gasteiger partial charge in [-0.05, 0) is 24.3 Å². The molecule has 0 spiro atoms. The van der Waals surface area contributed by atoms with E-state index in [1.807, 2.05) is 0 Å². The molecule has 4 nitrogen and oxygen atoms in total. The summed E-state index contributed by atoms with van der Waals surface area (Å²) in [6.45, 7) is 2.50. The zero-order chi connectivity index (χ0) is 13.9. The van der Waals surface area contributed by atoms with E-state index < -0.39 is 17.6 Å². The third-order valence-corrected chi connectivity index (χ3v) is 2.80. The van der Waals surface area contributed by atoms with E-state index in [0.717, 1.165) is 19.1 Å². The number of carbonyl (C=O) groups is 1. The van der Waals surface area contributed by atoms with Crippen molar-refractivity contribution in [1.82, 2.24) is 4.90 Å². The molecule has 1 aliphatic rings. The molecule has 1 heterocycles. The van der Waals surface area contributed by atoms with Crippen LogP contribution in [0.5, 0.6) is 5.75 Å². The van der Waals surface area contributed by atoms with Gasteiger partial charge in [-0.1, -0.05) is 0 Å². The normalized spacial score (nSPS) is 18.8. The summed E-state index contributed by atoms with van der Waals surface area (Å²) >= 11 is 0. The van der Waals surface area contributed by atoms with Gasteiger partial charge in [0.2, 0.25) is 0 Å². The van der Waals surface area contributed by atoms with Gasteiger partial charge >= 0.3 is 5.85 Å². The second kappa shape index (κ2) is 5.52. The minimum Gasteiger partial charge on any atom is -0.450 e. The van der Waals surface area contributed by atoms with Gasteiger partial charge in [0, 0.05) is 20.0 Å². The molecule has 1 saturated heterocycles. The molecule has 2 rings (SSSR count). The summed E-state index contributed by atoms with van der Waals surface area (Å²) in [5.74, 6) is -3.57. The van der Waals surface area contributed by atoms with Crippen LogP contribution in [0.4, 0.5) is 8.78 Å². The molecule has 1 amide bonds. The number of hydrogen-bond donors (Lipinski definition) is 0. The smallest absolute Gasteiger partial charge is 0.324 e. The molecule has 0 N–H and O–H groups in total. The monoisotopic (exact) mass is 271 g/mol. The summed E-state index contributed by atoms with van der Waals surface area (Å²) in [5.41, 5.74) is 0. The Hall–Kier alpha value is -1.69. The van der Waals surface area contributed by atoms with Crippen molar-refractivity contribution in [2.24, 2.45) is 0 Å². The van der Waals surface area contributed by atoms with Crippen molar-refractivity contribution in [1.29, 1.82) is 0 Å². The van der Waals surface area contributed by atoms with Crippen LogP contribution in [0, 0.1) is 5.82 Å². The topological polar surface area (TPSA) is 38.8 Å². The van der Waals surface area contributed by atoms with Crippen molar-refractivity contribution in [3.05, 3.63) is 30.1 Å². The molecule has 6 heteroatoms. The van der Waals surface area contributed by atoms with Gasteiger partial charge in [-0.15, -0.1) is 0 Å². The number of amides is 1. The number of benzene rings is 1. The zero-order valence-corrected chi connectivity index (χ0v) is 10.6. The number of rotatable bonds is 3. The van der Waals surface area contributed by atoms with E-state index in [4.69, 9.17) is 9.47 Å². The molecule has 0 bridgehead atoms. The third-order valence-electron chi connectivity index (χ3n) is 2.80. The van der Waals surface area contributed by atoms with Crippen molar-refractivity contribution in [3.63, 3.8) is 0 Å². The first-order chi connectivity index (χ1) is 8.99. The highest BCUT2D eigenvalue weighted by atomic mass is 19.2. The molecule has 1 fully saturated rings. The third kappa shape index (κ3) is 3.41. The van der Waals surface area contributed by atoms with Crippen LogP contribution in [0.1, 0.15) is 6.92 Å². The predicted octanol–water partition coefficient (Wildman–Crippen LogP) is 1.75. The Balaban J connectivity index is 2.04. The van der Waals surface area contributed by atoms with E-state index in [-0.39, 0.29) is 5.75 Å². The highest BCUT2D eigenvalue weighted by Gasteiger charge is 2.39. The lowest BCUT2D eigenvalue weighted by molar-refractivity contribution is -0.166. The molecule has 1 aliphatic heterocycles. The van der Waals surface area contributed by atoms with Crippen LogP contribution < -0.4 is 4.74 Å². The molecule has 104 valence electrons. The second-order valence-electron chi connectivity index (χ2n) is 4.38. The molecule has 0 saturated carbocycles. The standard InChI is InChI=1S/C13H15F2NO3/c1-13(15,12(17)16-6-8-18-9-7-16)19-11-4-2-10(14)3-5-11/h2-5H,6-9H2,1H3. The van der Waals surface area contributed by atoms with Crippen molar-refractivity contribution in [3.8, 4) is 5.75 Å². The molecular formula is C13H15F2NO3. The average Bonchev–Trinajstić information content (AvgIpc) is 2.41. The highest BCUT2D eigenvalue weighted by molar-refractivity contribution is 5.83. The van der Waals surface area contributed by atoms with Gasteiger partial charge in [0.15, 0.2) is 0 Å². The Labute approximate surface area is 109 Å². The van der Waals surface area contributed by atoms with Crippen LogP contribution in [0.3, 0.4) is 0 Å². The van der Waals surface area contributed by atoms with E-state index in [2.05, 4.69) is 0 Å². The number of hydrogen-bond acceptors (Lipinski definition) is 3. The summed E-state index contributed by atoms with van der Waals surface area (Å²) < 4.78 is 37.1. The molecule has 19 heavy (non-hydrogen) atoms. The van der Waals surface area contributed by atoms with Crippen molar-refractivity contribution >= 4 is 5.91 Å². The maximum absolute atomic E-state index is 14.3. The van der Waals surface area contributed by atoms with Gasteiger partial charge in [-0.2, -0.15) is 4.39 Å². The minimum atomic E-state index is -2.48. The molecule has 0 aliphatic carbocycles. The highest BCUT2D eigenvalue weighted by Crippen LogP contribution is 2.22. The Morgan fingerprint density at radius 1 is 1.32 bits per heavy atom. The Morgan fingerprint density at radius 3 is 2.47 bits per heavy atom. The number of alkyl halides is 1. The van der Waals surface area contributed by atoms with E-state index in [1.165, 1.54) is 17.0 Å². The molecule has 1 aromatic rings. The van der Waals surface area contributed by atoms with E-state index in [9.17, 15) is 13.6 Å². The lowest BCUT2D eigenvalue weighted by Gasteiger charge is -2.31. The number of morpholine rings is 1. The van der Waals surface area contributed by atoms with Crippen LogP contribution >= 0.6 is 0 Å². The Kier molecular flexibility index (Phi) is 3.99. The summed E-state index contributed by atoms with van der Waals surface area (Å²) in [5, 5.41) is 0. The van der Waals surface area contributed by atoms with E-state index >= 15 is 0 Å². The van der Waals surface area contributed by atoms with Crippen LogP contribution in [-0.4, -0.2) is 43.0 Å². The largest absolute Gasteiger partial charge is 0.450 e. The number of carbonyl (C=O) groups excluding carboxylic acids is 1. The second-order valence-corrected chi connectivity index (χ2v) is 4.38. The Morgan fingerprint density at radius 2 is 1.89 bits per heavy atom. The number of halogens is 2. The van der Waals surface area contributed by atoms with Gasteiger partial charge in [0.05, 0.1) is 13.2 Å². The van der Waals surface area contributed by atoms with Crippen LogP contribution in [-0.2, 0) is 9.53 Å². The first kappa shape index (κ1) is 13.7. The summed E-state index contributed by atoms with van der Waals surface area (Å²) in [6, 6.07) is 4.84. The first-order valence-electron chi connectivity index (χ1n) is 6.00. The summed E-state index contributed by atoms with van der Waals surface area (Å²) in [6.07, 6.45) is 0. The fraction of sp³-hybridized carbons (Fsp3) is 0.462. The minimum absolute atomic E-state index is 0.105. The lowest BCUT2D eigenvalue weighted by Crippen LogP contribution is -2.51. The first-order valence-corrected chi connectivity index (χ1v) is 6.00. The SMILES string of the molecule is CC(F)(Oc1ccc(F)cc1)C(=O)N1CCOCC1. The quantitative estimate of drug-likeness (QED) is 0.840. The van der Waals surface area contributed by atoms with Gasteiger partial charge < -0.3 is 14.4 Å².